The molecule has 0 aliphatic heterocycles. The molecule has 0 radical (unpaired) electrons. The molecule has 0 fully saturated rings. The number of hydrogen-bond donors (Lipinski definition) is 3. The zero-order valence-electron chi connectivity index (χ0n) is 7.97. The zero-order valence-corrected chi connectivity index (χ0v) is 8.87. The van der Waals surface area contributed by atoms with Crippen LogP contribution in [0.25, 0.3) is 0 Å². The Bertz CT molecular complexity index is 174. The summed E-state index contributed by atoms with van der Waals surface area (Å²) in [5.41, 5.74) is 15.8. The van der Waals surface area contributed by atoms with Gasteiger partial charge in [-0.3, -0.25) is 9.05 Å². The number of rotatable bonds is 6. The molecular weight excluding hydrogens is 193 g/mol. The van der Waals surface area contributed by atoms with Gasteiger partial charge in [-0.15, -0.1) is 0 Å². The Labute approximate surface area is 78.3 Å². The summed E-state index contributed by atoms with van der Waals surface area (Å²) in [4.78, 5) is 0. The minimum Gasteiger partial charge on any atom is -0.328 e. The summed E-state index contributed by atoms with van der Waals surface area (Å²) in [6.45, 7) is 3.80. The van der Waals surface area contributed by atoms with Crippen LogP contribution in [0, 0.1) is 0 Å². The maximum absolute atomic E-state index is 11.4. The third kappa shape index (κ3) is 6.15. The van der Waals surface area contributed by atoms with Gasteiger partial charge in [0.1, 0.15) is 0 Å². The van der Waals surface area contributed by atoms with Crippen molar-refractivity contribution >= 4 is 7.75 Å². The van der Waals surface area contributed by atoms with Crippen molar-refractivity contribution in [2.45, 2.75) is 26.1 Å². The molecule has 0 amide bonds. The predicted octanol–water partition coefficient (Wildman–Crippen LogP) is -0.219. The van der Waals surface area contributed by atoms with E-state index in [1.165, 1.54) is 0 Å². The summed E-state index contributed by atoms with van der Waals surface area (Å²) in [5, 5.41) is 0. The monoisotopic (exact) mass is 211 g/mol. The van der Waals surface area contributed by atoms with Gasteiger partial charge in [-0.25, -0.2) is 10.1 Å². The van der Waals surface area contributed by atoms with Gasteiger partial charge in [0, 0.05) is 13.1 Å². The Morgan fingerprint density at radius 2 is 1.46 bits per heavy atom. The van der Waals surface area contributed by atoms with E-state index in [-0.39, 0.29) is 25.3 Å². The fraction of sp³-hybridized carbons (Fsp3) is 1.00. The summed E-state index contributed by atoms with van der Waals surface area (Å²) in [6, 6.07) is 0. The number of nitrogens with two attached hydrogens (primary N) is 3. The van der Waals surface area contributed by atoms with E-state index in [4.69, 9.17) is 26.0 Å². The van der Waals surface area contributed by atoms with Crippen LogP contribution in [0.4, 0.5) is 0 Å². The highest BCUT2D eigenvalue weighted by atomic mass is 31.2. The van der Waals surface area contributed by atoms with Crippen LogP contribution in [-0.4, -0.2) is 25.3 Å². The highest BCUT2D eigenvalue weighted by Crippen LogP contribution is 2.41. The van der Waals surface area contributed by atoms with Crippen molar-refractivity contribution in [3.8, 4) is 0 Å². The first-order chi connectivity index (χ1) is 5.91. The minimum absolute atomic E-state index is 0.238. The van der Waals surface area contributed by atoms with Crippen LogP contribution in [0.1, 0.15) is 13.8 Å². The summed E-state index contributed by atoms with van der Waals surface area (Å²) in [5.74, 6) is 0. The average Bonchev–Trinajstić information content (AvgIpc) is 2.02. The molecule has 80 valence electrons. The molecule has 0 spiro atoms. The van der Waals surface area contributed by atoms with Gasteiger partial charge in [-0.05, 0) is 13.8 Å². The van der Waals surface area contributed by atoms with Crippen LogP contribution >= 0.6 is 7.75 Å². The van der Waals surface area contributed by atoms with E-state index in [9.17, 15) is 4.57 Å². The van der Waals surface area contributed by atoms with Crippen molar-refractivity contribution in [1.29, 1.82) is 0 Å². The second-order valence-corrected chi connectivity index (χ2v) is 4.34. The molecule has 7 heteroatoms. The van der Waals surface area contributed by atoms with Crippen molar-refractivity contribution in [3.05, 3.63) is 0 Å². The van der Waals surface area contributed by atoms with Crippen LogP contribution in [0.15, 0.2) is 0 Å². The van der Waals surface area contributed by atoms with E-state index in [1.807, 2.05) is 0 Å². The molecule has 2 atom stereocenters. The molecular formula is C6H18N3O3P. The lowest BCUT2D eigenvalue weighted by Crippen LogP contribution is -2.25. The second-order valence-electron chi connectivity index (χ2n) is 2.84. The first-order valence-corrected chi connectivity index (χ1v) is 5.68. The van der Waals surface area contributed by atoms with E-state index in [0.29, 0.717) is 0 Å². The third-order valence-electron chi connectivity index (χ3n) is 1.32. The summed E-state index contributed by atoms with van der Waals surface area (Å²) >= 11 is 0. The van der Waals surface area contributed by atoms with E-state index < -0.39 is 7.75 Å². The fourth-order valence-corrected chi connectivity index (χ4v) is 1.84. The first-order valence-electron chi connectivity index (χ1n) is 4.07. The molecule has 6 N–H and O–H groups in total. The summed E-state index contributed by atoms with van der Waals surface area (Å²) < 4.78 is 21.2. The smallest absolute Gasteiger partial charge is 0.328 e. The molecule has 6 nitrogen and oxygen atoms in total. The lowest BCUT2D eigenvalue weighted by molar-refractivity contribution is 0.134. The molecule has 0 aliphatic rings. The third-order valence-corrected chi connectivity index (χ3v) is 2.63. The first kappa shape index (κ1) is 13.0. The molecule has 0 heterocycles. The molecule has 0 bridgehead atoms. The van der Waals surface area contributed by atoms with Crippen LogP contribution in [0.3, 0.4) is 0 Å². The molecule has 0 aromatic heterocycles. The number of hydrogen-bond acceptors (Lipinski definition) is 5. The highest BCUT2D eigenvalue weighted by molar-refractivity contribution is 7.51. The predicted molar refractivity (Wildman–Crippen MR) is 51.0 cm³/mol. The molecule has 13 heavy (non-hydrogen) atoms. The van der Waals surface area contributed by atoms with Gasteiger partial charge < -0.3 is 11.5 Å². The topological polar surface area (TPSA) is 114 Å². The van der Waals surface area contributed by atoms with Crippen molar-refractivity contribution in [2.24, 2.45) is 17.0 Å². The zero-order chi connectivity index (χ0) is 10.5. The highest BCUT2D eigenvalue weighted by Gasteiger charge is 2.23. The Morgan fingerprint density at radius 1 is 1.15 bits per heavy atom. The Hall–Kier alpha value is 0.0300. The lowest BCUT2D eigenvalue weighted by Gasteiger charge is -2.20. The van der Waals surface area contributed by atoms with Crippen LogP contribution in [-0.2, 0) is 13.6 Å². The Kier molecular flexibility index (Phi) is 5.71. The van der Waals surface area contributed by atoms with Gasteiger partial charge in [-0.1, -0.05) is 0 Å². The van der Waals surface area contributed by atoms with Crippen molar-refractivity contribution in [3.63, 3.8) is 0 Å². The fourth-order valence-electron chi connectivity index (χ4n) is 0.613. The van der Waals surface area contributed by atoms with Crippen molar-refractivity contribution in [1.82, 2.24) is 0 Å². The van der Waals surface area contributed by atoms with Gasteiger partial charge >= 0.3 is 7.75 Å². The molecule has 0 aromatic carbocycles. The Morgan fingerprint density at radius 3 is 1.69 bits per heavy atom. The van der Waals surface area contributed by atoms with E-state index >= 15 is 0 Å². The van der Waals surface area contributed by atoms with Crippen molar-refractivity contribution < 1.29 is 13.6 Å². The van der Waals surface area contributed by atoms with Gasteiger partial charge in [0.05, 0.1) is 12.2 Å². The second kappa shape index (κ2) is 5.70. The normalized spacial score (nSPS) is 20.7. The molecule has 0 saturated carbocycles. The molecule has 0 aromatic rings. The molecule has 0 rings (SSSR count). The van der Waals surface area contributed by atoms with Gasteiger partial charge in [0.25, 0.3) is 0 Å². The summed E-state index contributed by atoms with van der Waals surface area (Å²) in [6.07, 6.45) is -0.776. The van der Waals surface area contributed by atoms with Crippen LogP contribution < -0.4 is 17.0 Å². The largest absolute Gasteiger partial charge is 0.403 e. The van der Waals surface area contributed by atoms with Crippen molar-refractivity contribution in [2.75, 3.05) is 13.1 Å². The van der Waals surface area contributed by atoms with Gasteiger partial charge in [0.2, 0.25) is 0 Å². The molecule has 0 saturated heterocycles. The van der Waals surface area contributed by atoms with Gasteiger partial charge in [0.15, 0.2) is 0 Å². The maximum atomic E-state index is 11.4. The molecule has 0 aliphatic carbocycles. The molecule has 2 unspecified atom stereocenters. The standard InChI is InChI=1S/C6H18N3O3P/c1-5(3-7)11-13(9,10)12-6(2)4-8/h5-6H,3-4,7-8H2,1-2H3,(H2,9,10). The van der Waals surface area contributed by atoms with E-state index in [2.05, 4.69) is 0 Å². The lowest BCUT2D eigenvalue weighted by atomic mass is 10.4. The quantitative estimate of drug-likeness (QED) is 0.523. The maximum Gasteiger partial charge on any atom is 0.403 e. The average molecular weight is 211 g/mol. The van der Waals surface area contributed by atoms with E-state index in [0.717, 1.165) is 0 Å². The van der Waals surface area contributed by atoms with Crippen LogP contribution in [0.5, 0.6) is 0 Å². The van der Waals surface area contributed by atoms with Crippen LogP contribution in [0.2, 0.25) is 0 Å². The minimum atomic E-state index is -3.50. The van der Waals surface area contributed by atoms with Gasteiger partial charge in [-0.2, -0.15) is 0 Å². The Balaban J connectivity index is 4.00. The van der Waals surface area contributed by atoms with E-state index in [1.54, 1.807) is 13.8 Å². The summed E-state index contributed by atoms with van der Waals surface area (Å²) in [7, 11) is -3.50. The SMILES string of the molecule is CC(CN)OP(N)(=O)OC(C)CN.